The number of carboxylic acids is 2. The Kier molecular flexibility index (Phi) is 10.2. The Morgan fingerprint density at radius 2 is 1.60 bits per heavy atom. The van der Waals surface area contributed by atoms with Crippen LogP contribution in [0.2, 0.25) is 0 Å². The molecule has 0 aromatic carbocycles. The Balaban J connectivity index is 1.91. The molecule has 3 atom stereocenters. The van der Waals surface area contributed by atoms with Gasteiger partial charge in [-0.25, -0.2) is 4.99 Å². The SMILES string of the molecule is C=CC1=C(C)C(/C=c2/[nH]/c(=C\c3[nH]c(/C=C4\NC(=O)[C@H](C)C4[C@@H](C)SC)c(C)c3CCC(=O)O)c(CCC(=O)O)c2C)=NC1=O. The van der Waals surface area contributed by atoms with Gasteiger partial charge in [0.25, 0.3) is 5.91 Å². The highest BCUT2D eigenvalue weighted by Gasteiger charge is 2.38. The van der Waals surface area contributed by atoms with Crippen LogP contribution in [0.1, 0.15) is 67.3 Å². The quantitative estimate of drug-likeness (QED) is 0.239. The van der Waals surface area contributed by atoms with Crippen molar-refractivity contribution in [2.75, 3.05) is 6.26 Å². The summed E-state index contributed by atoms with van der Waals surface area (Å²) >= 11 is 1.69. The number of hydrogen-bond acceptors (Lipinski definition) is 5. The van der Waals surface area contributed by atoms with E-state index >= 15 is 0 Å². The molecule has 10 nitrogen and oxygen atoms in total. The molecular formula is C34H40N4O6S. The van der Waals surface area contributed by atoms with Gasteiger partial charge < -0.3 is 25.5 Å². The third kappa shape index (κ3) is 6.98. The van der Waals surface area contributed by atoms with Gasteiger partial charge in [0.1, 0.15) is 0 Å². The van der Waals surface area contributed by atoms with E-state index in [1.54, 1.807) is 24.8 Å². The number of aliphatic carboxylic acids is 2. The van der Waals surface area contributed by atoms with Gasteiger partial charge in [-0.3, -0.25) is 19.2 Å². The van der Waals surface area contributed by atoms with Crippen molar-refractivity contribution in [3.8, 4) is 0 Å². The molecule has 0 aliphatic carbocycles. The van der Waals surface area contributed by atoms with E-state index in [1.165, 1.54) is 6.08 Å². The second kappa shape index (κ2) is 13.7. The number of aromatic amines is 2. The van der Waals surface area contributed by atoms with E-state index < -0.39 is 11.9 Å². The minimum Gasteiger partial charge on any atom is -0.481 e. The number of amides is 2. The molecule has 1 saturated heterocycles. The van der Waals surface area contributed by atoms with Crippen LogP contribution >= 0.6 is 11.8 Å². The lowest BCUT2D eigenvalue weighted by atomic mass is 9.91. The summed E-state index contributed by atoms with van der Waals surface area (Å²) in [7, 11) is 0. The van der Waals surface area contributed by atoms with Crippen LogP contribution in [0.4, 0.5) is 0 Å². The summed E-state index contributed by atoms with van der Waals surface area (Å²) in [6.45, 7) is 13.4. The van der Waals surface area contributed by atoms with Gasteiger partial charge in [0.05, 0.1) is 5.71 Å². The molecule has 2 aromatic heterocycles. The fraction of sp³-hybridized carbons (Fsp3) is 0.382. The van der Waals surface area contributed by atoms with Crippen molar-refractivity contribution in [1.82, 2.24) is 15.3 Å². The fourth-order valence-corrected chi connectivity index (χ4v) is 6.76. The molecule has 2 aliphatic heterocycles. The Labute approximate surface area is 266 Å². The zero-order valence-corrected chi connectivity index (χ0v) is 27.3. The number of aromatic nitrogens is 2. The average molecular weight is 633 g/mol. The van der Waals surface area contributed by atoms with Gasteiger partial charge in [-0.1, -0.05) is 26.5 Å². The Hall–Kier alpha value is -4.38. The predicted octanol–water partition coefficient (Wildman–Crippen LogP) is 3.56. The van der Waals surface area contributed by atoms with Crippen molar-refractivity contribution in [3.63, 3.8) is 0 Å². The van der Waals surface area contributed by atoms with Crippen molar-refractivity contribution in [3.05, 3.63) is 73.8 Å². The third-order valence-electron chi connectivity index (χ3n) is 8.85. The predicted molar refractivity (Wildman–Crippen MR) is 177 cm³/mol. The van der Waals surface area contributed by atoms with Gasteiger partial charge in [0, 0.05) is 63.3 Å². The molecular weight excluding hydrogens is 592 g/mol. The molecule has 2 amide bonds. The molecule has 0 radical (unpaired) electrons. The van der Waals surface area contributed by atoms with Crippen molar-refractivity contribution in [1.29, 1.82) is 0 Å². The third-order valence-corrected chi connectivity index (χ3v) is 9.89. The lowest BCUT2D eigenvalue weighted by Crippen LogP contribution is -2.20. The largest absolute Gasteiger partial charge is 0.481 e. The van der Waals surface area contributed by atoms with Crippen LogP contribution in [0, 0.1) is 25.7 Å². The monoisotopic (exact) mass is 632 g/mol. The number of carbonyl (C=O) groups is 4. The highest BCUT2D eigenvalue weighted by atomic mass is 32.2. The van der Waals surface area contributed by atoms with Crippen molar-refractivity contribution >= 4 is 59.5 Å². The molecule has 238 valence electrons. The molecule has 0 spiro atoms. The highest BCUT2D eigenvalue weighted by Crippen LogP contribution is 2.36. The number of carboxylic acid groups (broad SMARTS) is 2. The number of thioether (sulfide) groups is 1. The van der Waals surface area contributed by atoms with Crippen LogP contribution < -0.4 is 16.0 Å². The summed E-state index contributed by atoms with van der Waals surface area (Å²) in [5, 5.41) is 23.6. The molecule has 4 rings (SSSR count). The van der Waals surface area contributed by atoms with Crippen LogP contribution in [0.5, 0.6) is 0 Å². The molecule has 1 unspecified atom stereocenters. The normalized spacial score (nSPS) is 20.8. The van der Waals surface area contributed by atoms with Gasteiger partial charge in [0.2, 0.25) is 5.91 Å². The van der Waals surface area contributed by atoms with Crippen LogP contribution in [0.15, 0.2) is 34.5 Å². The number of H-pyrrole nitrogens is 2. The lowest BCUT2D eigenvalue weighted by Gasteiger charge is -2.20. The van der Waals surface area contributed by atoms with Gasteiger partial charge in [-0.15, -0.1) is 0 Å². The zero-order chi connectivity index (χ0) is 33.2. The van der Waals surface area contributed by atoms with E-state index in [0.717, 1.165) is 33.6 Å². The summed E-state index contributed by atoms with van der Waals surface area (Å²) < 4.78 is 0. The van der Waals surface area contributed by atoms with Crippen LogP contribution in [0.25, 0.3) is 18.2 Å². The minimum atomic E-state index is -0.930. The molecule has 2 aromatic rings. The summed E-state index contributed by atoms with van der Waals surface area (Å²) in [5.41, 5.74) is 7.24. The summed E-state index contributed by atoms with van der Waals surface area (Å²) in [5.74, 6) is -2.41. The standard InChI is InChI=1S/C34H40N4O6S/c1-8-21-16(2)26(37-34(21)44)13-24-17(3)22(9-11-30(39)40)27(35-24)15-28-23(10-12-31(41)42)18(4)25(36-28)14-29-32(20(6)45-7)19(5)33(43)38-29/h8,13-15,19-20,32,35-36H,1,9-12H2,2-7H3,(H,38,43)(H,39,40)(H,41,42)/b24-13+,27-15-,29-14-/t19-,20-,32?/m1/s1. The van der Waals surface area contributed by atoms with E-state index in [4.69, 9.17) is 0 Å². The van der Waals surface area contributed by atoms with Gasteiger partial charge >= 0.3 is 11.9 Å². The summed E-state index contributed by atoms with van der Waals surface area (Å²) in [4.78, 5) is 59.1. The van der Waals surface area contributed by atoms with Crippen molar-refractivity contribution in [2.24, 2.45) is 16.8 Å². The van der Waals surface area contributed by atoms with Crippen molar-refractivity contribution < 1.29 is 29.4 Å². The summed E-state index contributed by atoms with van der Waals surface area (Å²) in [6, 6.07) is 0. The van der Waals surface area contributed by atoms with E-state index in [1.807, 2.05) is 39.2 Å². The second-order valence-electron chi connectivity index (χ2n) is 11.6. The summed E-state index contributed by atoms with van der Waals surface area (Å²) in [6.07, 6.45) is 9.49. The molecule has 0 saturated carbocycles. The van der Waals surface area contributed by atoms with E-state index in [9.17, 15) is 29.4 Å². The maximum Gasteiger partial charge on any atom is 0.303 e. The van der Waals surface area contributed by atoms with E-state index in [0.29, 0.717) is 33.3 Å². The second-order valence-corrected chi connectivity index (χ2v) is 12.8. The van der Waals surface area contributed by atoms with E-state index in [2.05, 4.69) is 33.8 Å². The molecule has 45 heavy (non-hydrogen) atoms. The van der Waals surface area contributed by atoms with Gasteiger partial charge in [-0.05, 0) is 85.9 Å². The Morgan fingerprint density at radius 3 is 2.18 bits per heavy atom. The molecule has 11 heteroatoms. The molecule has 5 N–H and O–H groups in total. The average Bonchev–Trinajstić information content (AvgIpc) is 3.63. The first-order valence-corrected chi connectivity index (χ1v) is 16.1. The highest BCUT2D eigenvalue weighted by molar-refractivity contribution is 7.99. The number of carbonyl (C=O) groups excluding carboxylic acids is 2. The zero-order valence-electron chi connectivity index (χ0n) is 26.5. The lowest BCUT2D eigenvalue weighted by molar-refractivity contribution is -0.138. The minimum absolute atomic E-state index is 0.00127. The first kappa shape index (κ1) is 33.5. The van der Waals surface area contributed by atoms with Gasteiger partial charge in [-0.2, -0.15) is 11.8 Å². The molecule has 4 heterocycles. The van der Waals surface area contributed by atoms with Crippen LogP contribution in [-0.4, -0.2) is 61.2 Å². The number of hydrogen-bond donors (Lipinski definition) is 5. The number of nitrogens with one attached hydrogen (secondary N) is 3. The number of allylic oxidation sites excluding steroid dienone is 2. The maximum absolute atomic E-state index is 12.6. The molecule has 0 bridgehead atoms. The van der Waals surface area contributed by atoms with Gasteiger partial charge in [0.15, 0.2) is 0 Å². The first-order valence-electron chi connectivity index (χ1n) is 14.8. The number of rotatable bonds is 12. The van der Waals surface area contributed by atoms with Crippen molar-refractivity contribution in [2.45, 2.75) is 65.6 Å². The first-order chi connectivity index (χ1) is 21.3. The Morgan fingerprint density at radius 1 is 0.956 bits per heavy atom. The molecule has 2 aliphatic rings. The smallest absolute Gasteiger partial charge is 0.303 e. The molecule has 1 fully saturated rings. The number of aliphatic imine (C=N–C) groups is 1. The number of nitrogens with zero attached hydrogens (tertiary/aromatic N) is 1. The van der Waals surface area contributed by atoms with Crippen LogP contribution in [-0.2, 0) is 32.0 Å². The Bertz CT molecular complexity index is 1810. The topological polar surface area (TPSA) is 165 Å². The van der Waals surface area contributed by atoms with E-state index in [-0.39, 0.29) is 54.6 Å². The maximum atomic E-state index is 12.6. The fourth-order valence-electron chi connectivity index (χ4n) is 6.08. The van der Waals surface area contributed by atoms with Crippen LogP contribution in [0.3, 0.4) is 0 Å².